The molecule has 0 aromatic carbocycles. The van der Waals surface area contributed by atoms with E-state index in [1.807, 2.05) is 0 Å². The molecular weight excluding hydrogens is 288 g/mol. The summed E-state index contributed by atoms with van der Waals surface area (Å²) in [6.07, 6.45) is 1.55. The van der Waals surface area contributed by atoms with E-state index in [0.717, 1.165) is 24.2 Å². The number of piperidine rings is 1. The van der Waals surface area contributed by atoms with Crippen LogP contribution in [-0.2, 0) is 10.0 Å². The van der Waals surface area contributed by atoms with Crippen LogP contribution in [0, 0.1) is 6.92 Å². The van der Waals surface area contributed by atoms with Crippen molar-refractivity contribution in [2.45, 2.75) is 30.7 Å². The molecule has 19 heavy (non-hydrogen) atoms. The van der Waals surface area contributed by atoms with Crippen molar-refractivity contribution in [2.75, 3.05) is 13.1 Å². The molecule has 6 nitrogen and oxygen atoms in total. The monoisotopic (exact) mass is 304 g/mol. The topological polar surface area (TPSA) is 101 Å². The van der Waals surface area contributed by atoms with Crippen molar-refractivity contribution in [3.8, 4) is 0 Å². The fraction of sp³-hybridized carbons (Fsp3) is 0.545. The van der Waals surface area contributed by atoms with Gasteiger partial charge in [0.2, 0.25) is 10.0 Å². The summed E-state index contributed by atoms with van der Waals surface area (Å²) in [5.41, 5.74) is 5.79. The maximum absolute atomic E-state index is 12.5. The van der Waals surface area contributed by atoms with Gasteiger partial charge in [-0.2, -0.15) is 4.31 Å². The number of hydrogen-bond acceptors (Lipinski definition) is 5. The van der Waals surface area contributed by atoms with Crippen molar-refractivity contribution in [2.24, 2.45) is 5.73 Å². The molecule has 2 heterocycles. The number of rotatable bonds is 3. The summed E-state index contributed by atoms with van der Waals surface area (Å²) in [5.74, 6) is -1.11. The Morgan fingerprint density at radius 1 is 1.58 bits per heavy atom. The molecule has 3 N–H and O–H groups in total. The van der Waals surface area contributed by atoms with Crippen molar-refractivity contribution < 1.29 is 18.3 Å². The molecule has 106 valence electrons. The number of carboxylic acid groups (broad SMARTS) is 1. The molecule has 0 radical (unpaired) electrons. The highest BCUT2D eigenvalue weighted by Gasteiger charge is 2.31. The minimum Gasteiger partial charge on any atom is -0.477 e. The molecule has 0 spiro atoms. The Hall–Kier alpha value is -0.960. The van der Waals surface area contributed by atoms with Crippen LogP contribution >= 0.6 is 11.3 Å². The van der Waals surface area contributed by atoms with E-state index in [0.29, 0.717) is 18.0 Å². The van der Waals surface area contributed by atoms with Gasteiger partial charge in [0.15, 0.2) is 0 Å². The van der Waals surface area contributed by atoms with E-state index in [9.17, 15) is 13.2 Å². The molecule has 1 unspecified atom stereocenters. The molecular formula is C11H16N2O4S2. The summed E-state index contributed by atoms with van der Waals surface area (Å²) in [7, 11) is -3.64. The number of thiophene rings is 1. The SMILES string of the molecule is Cc1sc(C(=O)O)cc1S(=O)(=O)N1CCCC(N)C1. The first-order valence-electron chi connectivity index (χ1n) is 5.92. The van der Waals surface area contributed by atoms with E-state index in [1.165, 1.54) is 10.4 Å². The van der Waals surface area contributed by atoms with E-state index < -0.39 is 16.0 Å². The van der Waals surface area contributed by atoms with Crippen LogP contribution in [0.25, 0.3) is 0 Å². The number of carboxylic acids is 1. The molecule has 1 aliphatic heterocycles. The van der Waals surface area contributed by atoms with Crippen LogP contribution in [0.15, 0.2) is 11.0 Å². The molecule has 0 aliphatic carbocycles. The predicted octanol–water partition coefficient (Wildman–Crippen LogP) is 0.867. The molecule has 1 aromatic rings. The molecule has 1 fully saturated rings. The van der Waals surface area contributed by atoms with Gasteiger partial charge < -0.3 is 10.8 Å². The number of aryl methyl sites for hydroxylation is 1. The largest absolute Gasteiger partial charge is 0.477 e. The predicted molar refractivity (Wildman–Crippen MR) is 72.0 cm³/mol. The van der Waals surface area contributed by atoms with Gasteiger partial charge >= 0.3 is 5.97 Å². The molecule has 0 amide bonds. The zero-order chi connectivity index (χ0) is 14.2. The van der Waals surface area contributed by atoms with Gasteiger partial charge in [-0.05, 0) is 25.8 Å². The second-order valence-electron chi connectivity index (χ2n) is 4.60. The van der Waals surface area contributed by atoms with Crippen molar-refractivity contribution in [3.05, 3.63) is 15.8 Å². The van der Waals surface area contributed by atoms with Crippen LogP contribution in [0.1, 0.15) is 27.4 Å². The fourth-order valence-electron chi connectivity index (χ4n) is 2.16. The zero-order valence-corrected chi connectivity index (χ0v) is 12.1. The summed E-state index contributed by atoms with van der Waals surface area (Å²) in [5, 5.41) is 8.92. The van der Waals surface area contributed by atoms with E-state index in [1.54, 1.807) is 6.92 Å². The molecule has 2 rings (SSSR count). The quantitative estimate of drug-likeness (QED) is 0.863. The highest BCUT2D eigenvalue weighted by atomic mass is 32.2. The minimum absolute atomic E-state index is 0.0392. The van der Waals surface area contributed by atoms with Crippen molar-refractivity contribution >= 4 is 27.3 Å². The lowest BCUT2D eigenvalue weighted by molar-refractivity contribution is 0.0702. The second kappa shape index (κ2) is 5.20. The van der Waals surface area contributed by atoms with Gasteiger partial charge in [0.25, 0.3) is 0 Å². The summed E-state index contributed by atoms with van der Waals surface area (Å²) >= 11 is 0.978. The van der Waals surface area contributed by atoms with Crippen LogP contribution in [-0.4, -0.2) is 42.9 Å². The standard InChI is InChI=1S/C11H16N2O4S2/c1-7-10(5-9(18-7)11(14)15)19(16,17)13-4-2-3-8(12)6-13/h5,8H,2-4,6,12H2,1H3,(H,14,15). The van der Waals surface area contributed by atoms with Crippen molar-refractivity contribution in [1.29, 1.82) is 0 Å². The van der Waals surface area contributed by atoms with Crippen molar-refractivity contribution in [3.63, 3.8) is 0 Å². The fourth-order valence-corrected chi connectivity index (χ4v) is 5.09. The van der Waals surface area contributed by atoms with E-state index in [2.05, 4.69) is 0 Å². The number of nitrogens with two attached hydrogens (primary N) is 1. The maximum atomic E-state index is 12.5. The molecule has 0 bridgehead atoms. The molecule has 1 saturated heterocycles. The van der Waals surface area contributed by atoms with Gasteiger partial charge in [0, 0.05) is 24.0 Å². The molecule has 1 atom stereocenters. The molecule has 8 heteroatoms. The summed E-state index contributed by atoms with van der Waals surface area (Å²) in [6, 6.07) is 1.08. The van der Waals surface area contributed by atoms with Gasteiger partial charge in [-0.3, -0.25) is 0 Å². The summed E-state index contributed by atoms with van der Waals surface area (Å²) < 4.78 is 26.3. The average molecular weight is 304 g/mol. The normalized spacial score (nSPS) is 21.5. The van der Waals surface area contributed by atoms with Crippen LogP contribution in [0.4, 0.5) is 0 Å². The van der Waals surface area contributed by atoms with E-state index in [4.69, 9.17) is 10.8 Å². The van der Waals surface area contributed by atoms with Crippen LogP contribution in [0.5, 0.6) is 0 Å². The number of carbonyl (C=O) groups is 1. The van der Waals surface area contributed by atoms with Crippen LogP contribution in [0.3, 0.4) is 0 Å². The van der Waals surface area contributed by atoms with E-state index >= 15 is 0 Å². The van der Waals surface area contributed by atoms with Crippen LogP contribution < -0.4 is 5.73 Å². The number of aromatic carboxylic acids is 1. The lowest BCUT2D eigenvalue weighted by Crippen LogP contribution is -2.45. The second-order valence-corrected chi connectivity index (χ2v) is 7.76. The molecule has 0 saturated carbocycles. The summed E-state index contributed by atoms with van der Waals surface area (Å²) in [6.45, 7) is 2.35. The minimum atomic E-state index is -3.64. The van der Waals surface area contributed by atoms with Gasteiger partial charge in [-0.25, -0.2) is 13.2 Å². The first kappa shape index (κ1) is 14.4. The Labute approximate surface area is 115 Å². The highest BCUT2D eigenvalue weighted by molar-refractivity contribution is 7.89. The lowest BCUT2D eigenvalue weighted by atomic mass is 10.1. The Bertz CT molecular complexity index is 594. The first-order chi connectivity index (χ1) is 8.82. The Morgan fingerprint density at radius 3 is 2.79 bits per heavy atom. The maximum Gasteiger partial charge on any atom is 0.345 e. The zero-order valence-electron chi connectivity index (χ0n) is 10.5. The third-order valence-corrected chi connectivity index (χ3v) is 6.28. The Morgan fingerprint density at radius 2 is 2.26 bits per heavy atom. The van der Waals surface area contributed by atoms with E-state index in [-0.39, 0.29) is 15.8 Å². The molecule has 1 aromatic heterocycles. The van der Waals surface area contributed by atoms with Gasteiger partial charge in [0.05, 0.1) is 4.90 Å². The van der Waals surface area contributed by atoms with Gasteiger partial charge in [-0.1, -0.05) is 0 Å². The Balaban J connectivity index is 2.36. The highest BCUT2D eigenvalue weighted by Crippen LogP contribution is 2.29. The summed E-state index contributed by atoms with van der Waals surface area (Å²) in [4.78, 5) is 11.5. The van der Waals surface area contributed by atoms with Crippen LogP contribution in [0.2, 0.25) is 0 Å². The number of nitrogens with zero attached hydrogens (tertiary/aromatic N) is 1. The lowest BCUT2D eigenvalue weighted by Gasteiger charge is -2.29. The third kappa shape index (κ3) is 2.81. The smallest absolute Gasteiger partial charge is 0.345 e. The third-order valence-electron chi connectivity index (χ3n) is 3.12. The number of hydrogen-bond donors (Lipinski definition) is 2. The first-order valence-corrected chi connectivity index (χ1v) is 8.17. The molecule has 1 aliphatic rings. The van der Waals surface area contributed by atoms with Gasteiger partial charge in [-0.15, -0.1) is 11.3 Å². The van der Waals surface area contributed by atoms with Crippen molar-refractivity contribution in [1.82, 2.24) is 4.31 Å². The number of sulfonamides is 1. The average Bonchev–Trinajstić information content (AvgIpc) is 2.72. The Kier molecular flexibility index (Phi) is 3.95. The van der Waals surface area contributed by atoms with Gasteiger partial charge in [0.1, 0.15) is 4.88 Å².